The first-order valence-electron chi connectivity index (χ1n) is 10.7. The highest BCUT2D eigenvalue weighted by atomic mass is 16.5. The summed E-state index contributed by atoms with van der Waals surface area (Å²) in [6.45, 7) is 7.04. The minimum Gasteiger partial charge on any atom is -0.493 e. The van der Waals surface area contributed by atoms with Crippen LogP contribution in [-0.4, -0.2) is 55.6 Å². The van der Waals surface area contributed by atoms with E-state index in [1.807, 2.05) is 32.0 Å². The Kier molecular flexibility index (Phi) is 6.62. The number of benzene rings is 1. The second kappa shape index (κ2) is 8.82. The largest absolute Gasteiger partial charge is 0.493 e. The molecule has 29 heavy (non-hydrogen) atoms. The number of amides is 1. The molecule has 1 unspecified atom stereocenters. The van der Waals surface area contributed by atoms with E-state index in [1.165, 1.54) is 20.0 Å². The standard InChI is InChI=1S/C23H35NO5/c1-15(2)21(25)23(3)14-24(22(26)28-5)13-18(23)16-10-11-19(27-4)20(12-16)29-17-8-6-7-9-17/h10-12,15,17-18,21,25H,6-9,13-14H2,1-5H3/t18-,21?,23+/m0/s1. The van der Waals surface area contributed by atoms with Gasteiger partial charge in [-0.2, -0.15) is 0 Å². The molecule has 1 N–H and O–H groups in total. The Morgan fingerprint density at radius 2 is 1.90 bits per heavy atom. The number of likely N-dealkylation sites (tertiary alicyclic amines) is 1. The van der Waals surface area contributed by atoms with Crippen molar-refractivity contribution >= 4 is 6.09 Å². The molecule has 2 aliphatic rings. The molecule has 2 fully saturated rings. The van der Waals surface area contributed by atoms with Gasteiger partial charge in [-0.05, 0) is 49.3 Å². The number of methoxy groups -OCH3 is 2. The van der Waals surface area contributed by atoms with Crippen molar-refractivity contribution in [1.29, 1.82) is 0 Å². The number of hydrogen-bond acceptors (Lipinski definition) is 5. The lowest BCUT2D eigenvalue weighted by molar-refractivity contribution is -0.000906. The van der Waals surface area contributed by atoms with Crippen molar-refractivity contribution < 1.29 is 24.1 Å². The van der Waals surface area contributed by atoms with Gasteiger partial charge in [0, 0.05) is 24.4 Å². The highest BCUT2D eigenvalue weighted by Crippen LogP contribution is 2.48. The van der Waals surface area contributed by atoms with Gasteiger partial charge in [0.1, 0.15) is 0 Å². The molecule has 0 aromatic heterocycles. The lowest BCUT2D eigenvalue weighted by Crippen LogP contribution is -2.42. The Morgan fingerprint density at radius 1 is 1.21 bits per heavy atom. The predicted molar refractivity (Wildman–Crippen MR) is 112 cm³/mol. The van der Waals surface area contributed by atoms with Crippen LogP contribution in [0.25, 0.3) is 0 Å². The molecule has 1 aromatic carbocycles. The molecular weight excluding hydrogens is 370 g/mol. The molecule has 6 heteroatoms. The first kappa shape index (κ1) is 21.8. The zero-order valence-corrected chi connectivity index (χ0v) is 18.3. The number of rotatable bonds is 6. The molecule has 1 amide bonds. The summed E-state index contributed by atoms with van der Waals surface area (Å²) >= 11 is 0. The zero-order chi connectivity index (χ0) is 21.2. The fourth-order valence-electron chi connectivity index (χ4n) is 5.02. The van der Waals surface area contributed by atoms with E-state index in [4.69, 9.17) is 14.2 Å². The summed E-state index contributed by atoms with van der Waals surface area (Å²) in [6.07, 6.45) is 3.84. The van der Waals surface area contributed by atoms with Crippen LogP contribution in [0.5, 0.6) is 11.5 Å². The first-order valence-corrected chi connectivity index (χ1v) is 10.7. The van der Waals surface area contributed by atoms with Crippen LogP contribution in [0.2, 0.25) is 0 Å². The van der Waals surface area contributed by atoms with Crippen LogP contribution in [0.4, 0.5) is 4.79 Å². The summed E-state index contributed by atoms with van der Waals surface area (Å²) in [6, 6.07) is 5.99. The van der Waals surface area contributed by atoms with Gasteiger partial charge in [0.2, 0.25) is 0 Å². The van der Waals surface area contributed by atoms with E-state index in [-0.39, 0.29) is 24.0 Å². The summed E-state index contributed by atoms with van der Waals surface area (Å²) in [7, 11) is 3.05. The van der Waals surface area contributed by atoms with Gasteiger partial charge in [-0.15, -0.1) is 0 Å². The Bertz CT molecular complexity index is 715. The van der Waals surface area contributed by atoms with E-state index in [9.17, 15) is 9.90 Å². The number of aliphatic hydroxyl groups is 1. The molecule has 1 saturated carbocycles. The second-order valence-corrected chi connectivity index (χ2v) is 9.03. The summed E-state index contributed by atoms with van der Waals surface area (Å²) in [5, 5.41) is 11.1. The molecule has 3 atom stereocenters. The van der Waals surface area contributed by atoms with Gasteiger partial charge in [-0.3, -0.25) is 0 Å². The zero-order valence-electron chi connectivity index (χ0n) is 18.3. The molecule has 1 saturated heterocycles. The molecule has 0 radical (unpaired) electrons. The number of hydrogen-bond donors (Lipinski definition) is 1. The van der Waals surface area contributed by atoms with Crippen LogP contribution in [0.3, 0.4) is 0 Å². The summed E-state index contributed by atoms with van der Waals surface area (Å²) in [5.41, 5.74) is 0.564. The van der Waals surface area contributed by atoms with Crippen LogP contribution >= 0.6 is 0 Å². The van der Waals surface area contributed by atoms with Gasteiger partial charge in [0.15, 0.2) is 11.5 Å². The van der Waals surface area contributed by atoms with E-state index in [0.717, 1.165) is 29.9 Å². The Hall–Kier alpha value is -1.95. The molecule has 3 rings (SSSR count). The van der Waals surface area contributed by atoms with Crippen LogP contribution < -0.4 is 9.47 Å². The average molecular weight is 406 g/mol. The quantitative estimate of drug-likeness (QED) is 0.768. The molecule has 0 spiro atoms. The van der Waals surface area contributed by atoms with E-state index < -0.39 is 11.5 Å². The molecule has 162 valence electrons. The number of aliphatic hydroxyl groups excluding tert-OH is 1. The fraction of sp³-hybridized carbons (Fsp3) is 0.696. The van der Waals surface area contributed by atoms with E-state index >= 15 is 0 Å². The van der Waals surface area contributed by atoms with Gasteiger partial charge in [0.25, 0.3) is 0 Å². The first-order chi connectivity index (χ1) is 13.8. The minimum atomic E-state index is -0.552. The van der Waals surface area contributed by atoms with Crippen LogP contribution in [0, 0.1) is 11.3 Å². The summed E-state index contributed by atoms with van der Waals surface area (Å²) < 4.78 is 16.8. The third-order valence-corrected chi connectivity index (χ3v) is 6.66. The number of nitrogens with zero attached hydrogens (tertiary/aromatic N) is 1. The Labute approximate surface area is 174 Å². The molecule has 0 bridgehead atoms. The topological polar surface area (TPSA) is 68.2 Å². The predicted octanol–water partition coefficient (Wildman–Crippen LogP) is 4.21. The van der Waals surface area contributed by atoms with Crippen molar-refractivity contribution in [1.82, 2.24) is 4.90 Å². The maximum Gasteiger partial charge on any atom is 0.409 e. The average Bonchev–Trinajstić information content (AvgIpc) is 3.35. The Morgan fingerprint density at radius 3 is 2.48 bits per heavy atom. The smallest absolute Gasteiger partial charge is 0.409 e. The monoisotopic (exact) mass is 405 g/mol. The van der Waals surface area contributed by atoms with Crippen LogP contribution in [0.1, 0.15) is 57.9 Å². The third-order valence-electron chi connectivity index (χ3n) is 6.66. The second-order valence-electron chi connectivity index (χ2n) is 9.03. The van der Waals surface area contributed by atoms with E-state index in [2.05, 4.69) is 6.92 Å². The molecular formula is C23H35NO5. The molecule has 1 aliphatic carbocycles. The van der Waals surface area contributed by atoms with Gasteiger partial charge in [-0.1, -0.05) is 26.8 Å². The van der Waals surface area contributed by atoms with Crippen molar-refractivity contribution in [2.24, 2.45) is 11.3 Å². The summed E-state index contributed by atoms with van der Waals surface area (Å²) in [5.74, 6) is 1.51. The number of carbonyl (C=O) groups is 1. The fourth-order valence-corrected chi connectivity index (χ4v) is 5.02. The molecule has 6 nitrogen and oxygen atoms in total. The van der Waals surface area contributed by atoms with Crippen molar-refractivity contribution in [2.45, 2.75) is 64.6 Å². The van der Waals surface area contributed by atoms with Crippen molar-refractivity contribution in [3.05, 3.63) is 23.8 Å². The minimum absolute atomic E-state index is 0.0316. The van der Waals surface area contributed by atoms with Gasteiger partial charge in [0.05, 0.1) is 26.4 Å². The summed E-state index contributed by atoms with van der Waals surface area (Å²) in [4.78, 5) is 13.9. The van der Waals surface area contributed by atoms with E-state index in [1.54, 1.807) is 12.0 Å². The lowest BCUT2D eigenvalue weighted by Gasteiger charge is -2.37. The highest BCUT2D eigenvalue weighted by Gasteiger charge is 2.51. The normalized spacial score (nSPS) is 26.0. The number of ether oxygens (including phenoxy) is 3. The maximum absolute atomic E-state index is 12.2. The lowest BCUT2D eigenvalue weighted by atomic mass is 9.69. The molecule has 1 heterocycles. The Balaban J connectivity index is 1.95. The maximum atomic E-state index is 12.2. The van der Waals surface area contributed by atoms with Crippen molar-refractivity contribution in [3.8, 4) is 11.5 Å². The molecule has 1 aromatic rings. The van der Waals surface area contributed by atoms with Crippen molar-refractivity contribution in [2.75, 3.05) is 27.3 Å². The SMILES string of the molecule is COC(=O)N1C[C@@H](c2ccc(OC)c(OC3CCCC3)c2)[C@](C)(C(O)C(C)C)C1. The van der Waals surface area contributed by atoms with Crippen molar-refractivity contribution in [3.63, 3.8) is 0 Å². The van der Waals surface area contributed by atoms with Gasteiger partial charge in [-0.25, -0.2) is 4.79 Å². The van der Waals surface area contributed by atoms with Crippen LogP contribution in [0.15, 0.2) is 18.2 Å². The van der Waals surface area contributed by atoms with Gasteiger partial charge >= 0.3 is 6.09 Å². The third kappa shape index (κ3) is 4.32. The highest BCUT2D eigenvalue weighted by molar-refractivity contribution is 5.68. The molecule has 1 aliphatic heterocycles. The number of carbonyl (C=O) groups excluding carboxylic acids is 1. The van der Waals surface area contributed by atoms with E-state index in [0.29, 0.717) is 13.1 Å². The van der Waals surface area contributed by atoms with Crippen LogP contribution in [-0.2, 0) is 4.74 Å². The van der Waals surface area contributed by atoms with Gasteiger partial charge < -0.3 is 24.2 Å².